The fourth-order valence-electron chi connectivity index (χ4n) is 0.962. The van der Waals surface area contributed by atoms with Crippen LogP contribution >= 0.6 is 11.8 Å². The number of hydrogen-bond donors (Lipinski definition) is 0. The van der Waals surface area contributed by atoms with Crippen molar-refractivity contribution in [2.45, 2.75) is 6.92 Å². The molecule has 0 fully saturated rings. The zero-order chi connectivity index (χ0) is 11.1. The minimum atomic E-state index is -0.251. The largest absolute Gasteiger partial charge is 0.492 e. The Morgan fingerprint density at radius 3 is 2.67 bits per heavy atom. The van der Waals surface area contributed by atoms with Crippen LogP contribution in [0.25, 0.3) is 0 Å². The molecule has 0 aromatic heterocycles. The van der Waals surface area contributed by atoms with Crippen LogP contribution in [0, 0.1) is 5.82 Å². The lowest BCUT2D eigenvalue weighted by molar-refractivity contribution is 0.328. The molecule has 0 unspecified atom stereocenters. The van der Waals surface area contributed by atoms with Crippen molar-refractivity contribution in [1.29, 1.82) is 0 Å². The van der Waals surface area contributed by atoms with Gasteiger partial charge in [-0.05, 0) is 37.4 Å². The number of halogens is 1. The Morgan fingerprint density at radius 2 is 2.07 bits per heavy atom. The van der Waals surface area contributed by atoms with E-state index in [9.17, 15) is 4.39 Å². The molecule has 2 nitrogen and oxygen atoms in total. The highest BCUT2D eigenvalue weighted by atomic mass is 32.2. The molecule has 82 valence electrons. The summed E-state index contributed by atoms with van der Waals surface area (Å²) in [5.74, 6) is 0.423. The molecule has 0 spiro atoms. The number of hydrogen-bond acceptors (Lipinski definition) is 3. The Labute approximate surface area is 93.6 Å². The number of aliphatic imine (C=N–C) groups is 1. The van der Waals surface area contributed by atoms with Crippen molar-refractivity contribution in [3.05, 3.63) is 30.1 Å². The lowest BCUT2D eigenvalue weighted by Gasteiger charge is -2.03. The van der Waals surface area contributed by atoms with Crippen molar-refractivity contribution < 1.29 is 9.13 Å². The van der Waals surface area contributed by atoms with Gasteiger partial charge in [-0.3, -0.25) is 4.99 Å². The first-order chi connectivity index (χ1) is 7.22. The average Bonchev–Trinajstić information content (AvgIpc) is 2.26. The zero-order valence-corrected chi connectivity index (χ0v) is 9.68. The van der Waals surface area contributed by atoms with Crippen LogP contribution in [-0.4, -0.2) is 24.5 Å². The number of thioether (sulfide) groups is 1. The topological polar surface area (TPSA) is 21.6 Å². The number of nitrogens with zero attached hydrogens (tertiary/aromatic N) is 1. The van der Waals surface area contributed by atoms with E-state index in [1.807, 2.05) is 13.2 Å². The van der Waals surface area contributed by atoms with Gasteiger partial charge in [-0.1, -0.05) is 0 Å². The van der Waals surface area contributed by atoms with Gasteiger partial charge >= 0.3 is 0 Å². The maximum absolute atomic E-state index is 12.5. The van der Waals surface area contributed by atoms with E-state index in [1.54, 1.807) is 23.9 Å². The Bertz CT molecular complexity index is 324. The number of benzene rings is 1. The van der Waals surface area contributed by atoms with Crippen molar-refractivity contribution in [1.82, 2.24) is 0 Å². The molecule has 1 aromatic rings. The molecule has 0 amide bonds. The smallest absolute Gasteiger partial charge is 0.123 e. The molecule has 4 heteroatoms. The van der Waals surface area contributed by atoms with Crippen LogP contribution in [0.1, 0.15) is 6.92 Å². The Hall–Kier alpha value is -1.03. The quantitative estimate of drug-likeness (QED) is 0.448. The Kier molecular flexibility index (Phi) is 5.18. The minimum Gasteiger partial charge on any atom is -0.492 e. The second-order valence-electron chi connectivity index (χ2n) is 2.91. The molecular formula is C11H14FNOS. The molecule has 0 aliphatic rings. The highest BCUT2D eigenvalue weighted by Gasteiger charge is 1.93. The van der Waals surface area contributed by atoms with Gasteiger partial charge < -0.3 is 4.74 Å². The van der Waals surface area contributed by atoms with Gasteiger partial charge in [-0.15, -0.1) is 11.8 Å². The van der Waals surface area contributed by atoms with E-state index in [0.29, 0.717) is 18.9 Å². The van der Waals surface area contributed by atoms with Crippen molar-refractivity contribution in [2.24, 2.45) is 4.99 Å². The van der Waals surface area contributed by atoms with E-state index in [-0.39, 0.29) is 5.82 Å². The van der Waals surface area contributed by atoms with Gasteiger partial charge in [0.1, 0.15) is 18.2 Å². The molecular weight excluding hydrogens is 213 g/mol. The van der Waals surface area contributed by atoms with Crippen LogP contribution in [0.15, 0.2) is 29.3 Å². The molecule has 0 atom stereocenters. The van der Waals surface area contributed by atoms with Gasteiger partial charge in [-0.25, -0.2) is 4.39 Å². The summed E-state index contributed by atoms with van der Waals surface area (Å²) < 4.78 is 17.9. The second-order valence-corrected chi connectivity index (χ2v) is 3.91. The number of ether oxygens (including phenoxy) is 1. The molecule has 0 bridgehead atoms. The second kappa shape index (κ2) is 6.45. The third-order valence-electron chi connectivity index (χ3n) is 1.80. The summed E-state index contributed by atoms with van der Waals surface area (Å²) in [5, 5.41) is 1.04. The maximum atomic E-state index is 12.5. The summed E-state index contributed by atoms with van der Waals surface area (Å²) in [6, 6.07) is 5.98. The monoisotopic (exact) mass is 227 g/mol. The van der Waals surface area contributed by atoms with Gasteiger partial charge in [0.05, 0.1) is 11.6 Å². The molecule has 1 rings (SSSR count). The van der Waals surface area contributed by atoms with Crippen molar-refractivity contribution in [2.75, 3.05) is 19.4 Å². The normalized spacial score (nSPS) is 11.5. The molecule has 0 heterocycles. The molecule has 0 radical (unpaired) electrons. The van der Waals surface area contributed by atoms with E-state index < -0.39 is 0 Å². The summed E-state index contributed by atoms with van der Waals surface area (Å²) in [5.41, 5.74) is 0. The van der Waals surface area contributed by atoms with Crippen molar-refractivity contribution in [3.63, 3.8) is 0 Å². The van der Waals surface area contributed by atoms with E-state index >= 15 is 0 Å². The molecule has 15 heavy (non-hydrogen) atoms. The highest BCUT2D eigenvalue weighted by Crippen LogP contribution is 2.10. The van der Waals surface area contributed by atoms with Gasteiger partial charge in [-0.2, -0.15) is 0 Å². The van der Waals surface area contributed by atoms with Crippen LogP contribution in [0.2, 0.25) is 0 Å². The average molecular weight is 227 g/mol. The first kappa shape index (κ1) is 12.0. The lowest BCUT2D eigenvalue weighted by atomic mass is 10.3. The van der Waals surface area contributed by atoms with Crippen molar-refractivity contribution >= 4 is 16.8 Å². The van der Waals surface area contributed by atoms with Crippen LogP contribution in [0.4, 0.5) is 4.39 Å². The van der Waals surface area contributed by atoms with E-state index in [0.717, 1.165) is 5.04 Å². The van der Waals surface area contributed by atoms with E-state index in [1.165, 1.54) is 12.1 Å². The molecule has 0 aliphatic carbocycles. The lowest BCUT2D eigenvalue weighted by Crippen LogP contribution is -2.02. The third kappa shape index (κ3) is 4.83. The molecule has 0 saturated heterocycles. The SMILES string of the molecule is CSC(C)=NCCOc1ccc(F)cc1. The third-order valence-corrected chi connectivity index (χ3v) is 2.52. The molecule has 1 aromatic carbocycles. The Morgan fingerprint density at radius 1 is 1.40 bits per heavy atom. The fraction of sp³-hybridized carbons (Fsp3) is 0.364. The van der Waals surface area contributed by atoms with Gasteiger partial charge in [0, 0.05) is 0 Å². The van der Waals surface area contributed by atoms with Crippen LogP contribution < -0.4 is 4.74 Å². The summed E-state index contributed by atoms with van der Waals surface area (Å²) >= 11 is 1.62. The molecule has 0 N–H and O–H groups in total. The Balaban J connectivity index is 2.29. The molecule has 0 saturated carbocycles. The van der Waals surface area contributed by atoms with Gasteiger partial charge in [0.2, 0.25) is 0 Å². The summed E-state index contributed by atoms with van der Waals surface area (Å²) in [4.78, 5) is 4.26. The zero-order valence-electron chi connectivity index (χ0n) is 8.87. The number of rotatable bonds is 4. The molecule has 0 aliphatic heterocycles. The predicted molar refractivity (Wildman–Crippen MR) is 63.4 cm³/mol. The van der Waals surface area contributed by atoms with E-state index in [2.05, 4.69) is 4.99 Å². The maximum Gasteiger partial charge on any atom is 0.123 e. The van der Waals surface area contributed by atoms with Crippen LogP contribution in [0.5, 0.6) is 5.75 Å². The predicted octanol–water partition coefficient (Wildman–Crippen LogP) is 2.99. The minimum absolute atomic E-state index is 0.251. The summed E-state index contributed by atoms with van der Waals surface area (Å²) in [7, 11) is 0. The first-order valence-corrected chi connectivity index (χ1v) is 5.88. The summed E-state index contributed by atoms with van der Waals surface area (Å²) in [6.07, 6.45) is 1.99. The van der Waals surface area contributed by atoms with Crippen LogP contribution in [0.3, 0.4) is 0 Å². The summed E-state index contributed by atoms with van der Waals surface area (Å²) in [6.45, 7) is 3.11. The van der Waals surface area contributed by atoms with Crippen LogP contribution in [-0.2, 0) is 0 Å². The van der Waals surface area contributed by atoms with Gasteiger partial charge in [0.15, 0.2) is 0 Å². The standard InChI is InChI=1S/C11H14FNOS/c1-9(15-2)13-7-8-14-11-5-3-10(12)4-6-11/h3-6H,7-8H2,1-2H3. The fourth-order valence-corrected chi connectivity index (χ4v) is 1.18. The van der Waals surface area contributed by atoms with Crippen molar-refractivity contribution in [3.8, 4) is 5.75 Å². The van der Waals surface area contributed by atoms with E-state index in [4.69, 9.17) is 4.74 Å². The van der Waals surface area contributed by atoms with Gasteiger partial charge in [0.25, 0.3) is 0 Å². The first-order valence-electron chi connectivity index (χ1n) is 4.66. The highest BCUT2D eigenvalue weighted by molar-refractivity contribution is 8.13.